The van der Waals surface area contributed by atoms with Gasteiger partial charge in [-0.1, -0.05) is 23.7 Å². The predicted molar refractivity (Wildman–Crippen MR) is 90.6 cm³/mol. The van der Waals surface area contributed by atoms with Gasteiger partial charge in [0, 0.05) is 18.0 Å². The van der Waals surface area contributed by atoms with E-state index in [9.17, 15) is 27.9 Å². The van der Waals surface area contributed by atoms with Crippen molar-refractivity contribution in [2.24, 2.45) is 5.73 Å². The highest BCUT2D eigenvalue weighted by Gasteiger charge is 2.40. The Hall–Kier alpha value is -2.37. The number of carbonyl (C=O) groups is 3. The third kappa shape index (κ3) is 6.98. The maximum atomic E-state index is 12.3. The van der Waals surface area contributed by atoms with Gasteiger partial charge in [0.15, 0.2) is 0 Å². The molecule has 28 heavy (non-hydrogen) atoms. The van der Waals surface area contributed by atoms with Gasteiger partial charge in [-0.3, -0.25) is 4.79 Å². The Morgan fingerprint density at radius 3 is 2.14 bits per heavy atom. The molecule has 1 unspecified atom stereocenters. The van der Waals surface area contributed by atoms with Gasteiger partial charge in [0.25, 0.3) is 0 Å². The van der Waals surface area contributed by atoms with Gasteiger partial charge in [-0.25, -0.2) is 9.59 Å². The molecule has 0 bridgehead atoms. The van der Waals surface area contributed by atoms with E-state index in [4.69, 9.17) is 32.3 Å². The summed E-state index contributed by atoms with van der Waals surface area (Å²) in [5.74, 6) is -4.35. The van der Waals surface area contributed by atoms with E-state index in [1.165, 1.54) is 0 Å². The van der Waals surface area contributed by atoms with Crippen LogP contribution in [0.4, 0.5) is 13.2 Å². The minimum absolute atomic E-state index is 0.00409. The van der Waals surface area contributed by atoms with Gasteiger partial charge < -0.3 is 26.0 Å². The fraction of sp³-hybridized carbons (Fsp3) is 0.438. The molecular weight excluding hydrogens is 409 g/mol. The van der Waals surface area contributed by atoms with E-state index in [1.54, 1.807) is 24.3 Å². The summed E-state index contributed by atoms with van der Waals surface area (Å²) >= 11 is 5.78. The number of β-amino-alcohol motifs (C(OH)–C–C–N with tert-alkyl or cyclic N) is 1. The first-order valence-electron chi connectivity index (χ1n) is 7.84. The number of rotatable bonds is 4. The van der Waals surface area contributed by atoms with Crippen LogP contribution < -0.4 is 5.73 Å². The normalized spacial score (nSPS) is 20.1. The Morgan fingerprint density at radius 2 is 1.71 bits per heavy atom. The number of aliphatic carboxylic acids is 2. The number of carboxylic acid groups (broad SMARTS) is 2. The van der Waals surface area contributed by atoms with Crippen LogP contribution >= 0.6 is 11.6 Å². The molecule has 1 saturated heterocycles. The molecule has 0 saturated carbocycles. The number of alkyl halides is 3. The van der Waals surface area contributed by atoms with Gasteiger partial charge >= 0.3 is 18.1 Å². The minimum Gasteiger partial charge on any atom is -0.480 e. The quantitative estimate of drug-likeness (QED) is 0.560. The summed E-state index contributed by atoms with van der Waals surface area (Å²) in [4.78, 5) is 33.4. The van der Waals surface area contributed by atoms with Crippen LogP contribution in [-0.2, 0) is 20.8 Å². The van der Waals surface area contributed by atoms with Crippen molar-refractivity contribution >= 4 is 29.4 Å². The molecule has 1 aromatic rings. The van der Waals surface area contributed by atoms with Crippen LogP contribution in [0.25, 0.3) is 0 Å². The zero-order valence-electron chi connectivity index (χ0n) is 14.3. The minimum atomic E-state index is -5.08. The van der Waals surface area contributed by atoms with Gasteiger partial charge in [0.1, 0.15) is 6.04 Å². The third-order valence-corrected chi connectivity index (χ3v) is 4.03. The average Bonchev–Trinajstić information content (AvgIpc) is 2.98. The molecule has 0 spiro atoms. The Labute approximate surface area is 162 Å². The predicted octanol–water partition coefficient (Wildman–Crippen LogP) is 0.889. The number of carboxylic acids is 2. The van der Waals surface area contributed by atoms with Crippen LogP contribution in [0.15, 0.2) is 24.3 Å². The summed E-state index contributed by atoms with van der Waals surface area (Å²) in [6, 6.07) is 5.08. The highest BCUT2D eigenvalue weighted by atomic mass is 35.5. The lowest BCUT2D eigenvalue weighted by molar-refractivity contribution is -0.192. The van der Waals surface area contributed by atoms with Gasteiger partial charge in [0.2, 0.25) is 5.91 Å². The smallest absolute Gasteiger partial charge is 0.480 e. The SMILES string of the molecule is NC(Cc1ccc(Cl)cc1)C(=O)N1C[C@H](O)C[C@H]1C(=O)O.O=C(O)C(F)(F)F. The highest BCUT2D eigenvalue weighted by Crippen LogP contribution is 2.20. The first-order valence-corrected chi connectivity index (χ1v) is 8.22. The number of halogens is 4. The van der Waals surface area contributed by atoms with E-state index in [1.807, 2.05) is 0 Å². The molecule has 1 aromatic carbocycles. The fourth-order valence-electron chi connectivity index (χ4n) is 2.47. The highest BCUT2D eigenvalue weighted by molar-refractivity contribution is 6.30. The van der Waals surface area contributed by atoms with E-state index in [0.29, 0.717) is 5.02 Å². The summed E-state index contributed by atoms with van der Waals surface area (Å²) in [6.45, 7) is 0.00409. The molecular formula is C16H18ClF3N2O6. The van der Waals surface area contributed by atoms with Gasteiger partial charge in [-0.2, -0.15) is 13.2 Å². The number of hydrogen-bond donors (Lipinski definition) is 4. The maximum Gasteiger partial charge on any atom is 0.490 e. The van der Waals surface area contributed by atoms with Gasteiger partial charge in [-0.05, 0) is 24.1 Å². The molecule has 156 valence electrons. The molecule has 5 N–H and O–H groups in total. The van der Waals surface area contributed by atoms with E-state index in [2.05, 4.69) is 0 Å². The number of nitrogens with zero attached hydrogens (tertiary/aromatic N) is 1. The topological polar surface area (TPSA) is 141 Å². The second-order valence-corrected chi connectivity index (χ2v) is 6.41. The molecule has 2 rings (SSSR count). The first kappa shape index (κ1) is 23.7. The molecule has 8 nitrogen and oxygen atoms in total. The van der Waals surface area contributed by atoms with E-state index in [0.717, 1.165) is 10.5 Å². The molecule has 1 aliphatic heterocycles. The molecule has 3 atom stereocenters. The van der Waals surface area contributed by atoms with Crippen molar-refractivity contribution in [3.05, 3.63) is 34.9 Å². The van der Waals surface area contributed by atoms with Gasteiger partial charge in [-0.15, -0.1) is 0 Å². The molecule has 0 aromatic heterocycles. The van der Waals surface area contributed by atoms with E-state index >= 15 is 0 Å². The van der Waals surface area contributed by atoms with Crippen LogP contribution in [0.5, 0.6) is 0 Å². The maximum absolute atomic E-state index is 12.3. The fourth-order valence-corrected chi connectivity index (χ4v) is 2.59. The number of nitrogens with two attached hydrogens (primary N) is 1. The number of amides is 1. The number of likely N-dealkylation sites (tertiary alicyclic amines) is 1. The summed E-state index contributed by atoms with van der Waals surface area (Å²) in [7, 11) is 0. The average molecular weight is 427 g/mol. The van der Waals surface area contributed by atoms with Gasteiger partial charge in [0.05, 0.1) is 12.1 Å². The lowest BCUT2D eigenvalue weighted by Gasteiger charge is -2.24. The zero-order chi connectivity index (χ0) is 21.6. The molecule has 1 amide bonds. The third-order valence-electron chi connectivity index (χ3n) is 3.78. The first-order chi connectivity index (χ1) is 12.8. The number of hydrogen-bond acceptors (Lipinski definition) is 5. The zero-order valence-corrected chi connectivity index (χ0v) is 15.0. The van der Waals surface area contributed by atoms with Crippen molar-refractivity contribution < 1.29 is 42.9 Å². The van der Waals surface area contributed by atoms with E-state index < -0.39 is 42.2 Å². The Morgan fingerprint density at radius 1 is 1.21 bits per heavy atom. The van der Waals surface area contributed by atoms with Crippen molar-refractivity contribution in [1.29, 1.82) is 0 Å². The Bertz CT molecular complexity index is 713. The standard InChI is InChI=1S/C14H17ClN2O4.C2HF3O2/c15-9-3-1-8(2-4-9)5-11(16)13(19)17-7-10(18)6-12(17)14(20)21;3-2(4,5)1(6)7/h1-4,10-12,18H,5-7,16H2,(H,20,21);(H,6,7)/t10-,11?,12+;/m1./s1. The lowest BCUT2D eigenvalue weighted by atomic mass is 10.1. The number of aliphatic hydroxyl groups is 1. The second-order valence-electron chi connectivity index (χ2n) is 5.97. The summed E-state index contributed by atoms with van der Waals surface area (Å²) in [6.07, 6.45) is -5.58. The summed E-state index contributed by atoms with van der Waals surface area (Å²) in [5, 5.41) is 26.4. The summed E-state index contributed by atoms with van der Waals surface area (Å²) < 4.78 is 31.7. The van der Waals surface area contributed by atoms with Crippen LogP contribution in [0.2, 0.25) is 5.02 Å². The molecule has 0 radical (unpaired) electrons. The van der Waals surface area contributed by atoms with E-state index in [-0.39, 0.29) is 19.4 Å². The number of carbonyl (C=O) groups excluding carboxylic acids is 1. The van der Waals surface area contributed by atoms with Crippen molar-refractivity contribution in [2.45, 2.75) is 37.2 Å². The number of benzene rings is 1. The molecule has 1 fully saturated rings. The lowest BCUT2D eigenvalue weighted by Crippen LogP contribution is -2.49. The van der Waals surface area contributed by atoms with Crippen molar-refractivity contribution in [3.63, 3.8) is 0 Å². The molecule has 1 heterocycles. The van der Waals surface area contributed by atoms with Crippen molar-refractivity contribution in [3.8, 4) is 0 Å². The van der Waals surface area contributed by atoms with Crippen LogP contribution in [0.1, 0.15) is 12.0 Å². The van der Waals surface area contributed by atoms with Crippen LogP contribution in [0.3, 0.4) is 0 Å². The Kier molecular flexibility index (Phi) is 8.21. The summed E-state index contributed by atoms with van der Waals surface area (Å²) in [5.41, 5.74) is 6.72. The van der Waals surface area contributed by atoms with Crippen LogP contribution in [-0.4, -0.2) is 69.0 Å². The molecule has 0 aliphatic carbocycles. The van der Waals surface area contributed by atoms with Crippen molar-refractivity contribution in [2.75, 3.05) is 6.54 Å². The second kappa shape index (κ2) is 9.71. The number of aliphatic hydroxyl groups excluding tert-OH is 1. The monoisotopic (exact) mass is 426 g/mol. The largest absolute Gasteiger partial charge is 0.490 e. The molecule has 12 heteroatoms. The Balaban J connectivity index is 0.000000480. The molecule has 1 aliphatic rings. The van der Waals surface area contributed by atoms with Crippen LogP contribution in [0, 0.1) is 0 Å². The van der Waals surface area contributed by atoms with Crippen molar-refractivity contribution in [1.82, 2.24) is 4.90 Å².